The van der Waals surface area contributed by atoms with Crippen molar-refractivity contribution in [1.29, 1.82) is 0 Å². The zero-order chi connectivity index (χ0) is 22.0. The summed E-state index contributed by atoms with van der Waals surface area (Å²) >= 11 is 7.08. The lowest BCUT2D eigenvalue weighted by Gasteiger charge is -2.23. The number of thioether (sulfide) groups is 1. The van der Waals surface area contributed by atoms with Crippen molar-refractivity contribution in [3.05, 3.63) is 80.9 Å². The van der Waals surface area contributed by atoms with Crippen LogP contribution in [0.3, 0.4) is 0 Å². The normalized spacial score (nSPS) is 15.2. The molecule has 2 heterocycles. The molecule has 3 N–H and O–H groups in total. The van der Waals surface area contributed by atoms with Gasteiger partial charge in [-0.1, -0.05) is 35.5 Å². The molecule has 0 aliphatic carbocycles. The lowest BCUT2D eigenvalue weighted by molar-refractivity contribution is -0.123. The molecule has 0 spiro atoms. The third-order valence-corrected chi connectivity index (χ3v) is 5.84. The van der Waals surface area contributed by atoms with Gasteiger partial charge in [-0.25, -0.2) is 9.37 Å². The molecule has 10 heteroatoms. The number of nitrogens with one attached hydrogen (secondary N) is 3. The first-order valence-corrected chi connectivity index (χ1v) is 10.6. The molecule has 7 nitrogen and oxygen atoms in total. The van der Waals surface area contributed by atoms with Crippen LogP contribution in [0.1, 0.15) is 23.5 Å². The van der Waals surface area contributed by atoms with Crippen LogP contribution in [0.4, 0.5) is 15.9 Å². The number of benzene rings is 2. The maximum absolute atomic E-state index is 13.0. The van der Waals surface area contributed by atoms with E-state index in [-0.39, 0.29) is 28.8 Å². The van der Waals surface area contributed by atoms with Gasteiger partial charge in [-0.15, -0.1) is 0 Å². The second-order valence-electron chi connectivity index (χ2n) is 6.85. The van der Waals surface area contributed by atoms with Crippen molar-refractivity contribution in [2.75, 3.05) is 10.6 Å². The fourth-order valence-corrected chi connectivity index (χ4v) is 4.08. The van der Waals surface area contributed by atoms with Gasteiger partial charge in [0.2, 0.25) is 11.8 Å². The number of carbonyl (C=O) groups is 2. The molecule has 0 fully saturated rings. The highest BCUT2D eigenvalue weighted by atomic mass is 35.5. The molecule has 4 rings (SSSR count). The summed E-state index contributed by atoms with van der Waals surface area (Å²) in [4.78, 5) is 44.7. The molecule has 2 aromatic carbocycles. The molecule has 1 unspecified atom stereocenters. The number of rotatable bonds is 5. The van der Waals surface area contributed by atoms with Crippen molar-refractivity contribution >= 4 is 46.7 Å². The maximum atomic E-state index is 13.0. The van der Waals surface area contributed by atoms with E-state index in [1.807, 2.05) is 0 Å². The minimum atomic E-state index is -0.980. The summed E-state index contributed by atoms with van der Waals surface area (Å²) in [7, 11) is 0. The molecule has 0 radical (unpaired) electrons. The highest BCUT2D eigenvalue weighted by Gasteiger charge is 2.34. The summed E-state index contributed by atoms with van der Waals surface area (Å²) in [6, 6.07) is 12.5. The van der Waals surface area contributed by atoms with E-state index in [9.17, 15) is 18.8 Å². The summed E-state index contributed by atoms with van der Waals surface area (Å²) in [5.41, 5.74) is 0.953. The molecular weight excluding hydrogens is 443 g/mol. The molecule has 31 heavy (non-hydrogen) atoms. The highest BCUT2D eigenvalue weighted by molar-refractivity contribution is 7.98. The first-order valence-electron chi connectivity index (χ1n) is 9.27. The number of aromatic amines is 1. The maximum Gasteiger partial charge on any atom is 0.257 e. The van der Waals surface area contributed by atoms with Crippen molar-refractivity contribution in [3.63, 3.8) is 0 Å². The van der Waals surface area contributed by atoms with E-state index in [4.69, 9.17) is 11.6 Å². The summed E-state index contributed by atoms with van der Waals surface area (Å²) < 4.78 is 13.0. The molecule has 1 atom stereocenters. The first-order chi connectivity index (χ1) is 14.9. The fourth-order valence-electron chi connectivity index (χ4n) is 3.14. The van der Waals surface area contributed by atoms with Crippen LogP contribution in [0, 0.1) is 5.82 Å². The monoisotopic (exact) mass is 458 g/mol. The average molecular weight is 459 g/mol. The number of hydrogen-bond acceptors (Lipinski definition) is 5. The van der Waals surface area contributed by atoms with Crippen molar-refractivity contribution in [2.24, 2.45) is 0 Å². The topological polar surface area (TPSA) is 104 Å². The Hall–Kier alpha value is -3.17. The second kappa shape index (κ2) is 8.91. The number of carbonyl (C=O) groups excluding carboxylic acids is 2. The van der Waals surface area contributed by atoms with E-state index in [0.29, 0.717) is 16.5 Å². The Morgan fingerprint density at radius 1 is 1.16 bits per heavy atom. The summed E-state index contributed by atoms with van der Waals surface area (Å²) in [5, 5.41) is 6.08. The lowest BCUT2D eigenvalue weighted by Crippen LogP contribution is -2.36. The Morgan fingerprint density at radius 3 is 2.58 bits per heavy atom. The van der Waals surface area contributed by atoms with Gasteiger partial charge in [-0.05, 0) is 42.0 Å². The number of amides is 2. The van der Waals surface area contributed by atoms with E-state index in [0.717, 1.165) is 5.56 Å². The summed E-state index contributed by atoms with van der Waals surface area (Å²) in [5.74, 6) is -1.70. The molecule has 1 aliphatic rings. The van der Waals surface area contributed by atoms with Crippen molar-refractivity contribution in [3.8, 4) is 0 Å². The molecule has 1 aliphatic heterocycles. The third kappa shape index (κ3) is 4.95. The standard InChI is InChI=1S/C21H16ClFN4O3S/c22-12-3-7-14(8-4-12)24-19(29)15-9-16(28)25-18-17(15)20(30)27-21(26-18)31-10-11-1-5-13(23)6-2-11/h1-8,15H,9-10H2,(H,24,29)(H2,25,26,27,28,30). The molecule has 0 saturated heterocycles. The van der Waals surface area contributed by atoms with Crippen molar-refractivity contribution in [1.82, 2.24) is 9.97 Å². The zero-order valence-corrected chi connectivity index (χ0v) is 17.5. The van der Waals surface area contributed by atoms with Crippen LogP contribution in [0.5, 0.6) is 0 Å². The van der Waals surface area contributed by atoms with Gasteiger partial charge in [0.1, 0.15) is 11.6 Å². The van der Waals surface area contributed by atoms with Gasteiger partial charge < -0.3 is 15.6 Å². The van der Waals surface area contributed by atoms with Crippen LogP contribution in [0.15, 0.2) is 58.5 Å². The SMILES string of the molecule is O=C1CC(C(=O)Nc2ccc(Cl)cc2)c2c(nc(SCc3ccc(F)cc3)[nH]c2=O)N1. The third-order valence-electron chi connectivity index (χ3n) is 4.65. The Balaban J connectivity index is 1.56. The summed E-state index contributed by atoms with van der Waals surface area (Å²) in [6.07, 6.45) is -0.167. The van der Waals surface area contributed by atoms with Crippen LogP contribution >= 0.6 is 23.4 Å². The molecule has 2 amide bonds. The van der Waals surface area contributed by atoms with Crippen LogP contribution in [0.2, 0.25) is 5.02 Å². The molecule has 3 aromatic rings. The zero-order valence-electron chi connectivity index (χ0n) is 15.9. The Kier molecular flexibility index (Phi) is 6.06. The molecule has 1 aromatic heterocycles. The Labute approximate surface area is 185 Å². The van der Waals surface area contributed by atoms with E-state index in [1.165, 1.54) is 23.9 Å². The molecule has 158 valence electrons. The van der Waals surface area contributed by atoms with Gasteiger partial charge in [-0.3, -0.25) is 14.4 Å². The first kappa shape index (κ1) is 21.1. The largest absolute Gasteiger partial charge is 0.326 e. The quantitative estimate of drug-likeness (QED) is 0.397. The van der Waals surface area contributed by atoms with Crippen LogP contribution in [0.25, 0.3) is 0 Å². The number of halogens is 2. The highest BCUT2D eigenvalue weighted by Crippen LogP contribution is 2.31. The molecule has 0 bridgehead atoms. The van der Waals surface area contributed by atoms with E-state index < -0.39 is 23.3 Å². The fraction of sp³-hybridized carbons (Fsp3) is 0.143. The predicted octanol–water partition coefficient (Wildman–Crippen LogP) is 3.92. The number of hydrogen-bond donors (Lipinski definition) is 3. The smallest absolute Gasteiger partial charge is 0.257 e. The van der Waals surface area contributed by atoms with E-state index in [1.54, 1.807) is 36.4 Å². The number of anilines is 2. The van der Waals surface area contributed by atoms with Crippen LogP contribution in [-0.4, -0.2) is 21.8 Å². The number of nitrogens with zero attached hydrogens (tertiary/aromatic N) is 1. The Bertz CT molecular complexity index is 1200. The van der Waals surface area contributed by atoms with E-state index in [2.05, 4.69) is 20.6 Å². The van der Waals surface area contributed by atoms with Gasteiger partial charge in [0, 0.05) is 22.9 Å². The summed E-state index contributed by atoms with van der Waals surface area (Å²) in [6.45, 7) is 0. The van der Waals surface area contributed by atoms with Gasteiger partial charge >= 0.3 is 0 Å². The van der Waals surface area contributed by atoms with Gasteiger partial charge in [0.15, 0.2) is 5.16 Å². The molecular formula is C21H16ClFN4O3S. The van der Waals surface area contributed by atoms with Crippen LogP contribution in [-0.2, 0) is 15.3 Å². The van der Waals surface area contributed by atoms with Gasteiger partial charge in [-0.2, -0.15) is 0 Å². The molecule has 0 saturated carbocycles. The van der Waals surface area contributed by atoms with Crippen molar-refractivity contribution < 1.29 is 14.0 Å². The van der Waals surface area contributed by atoms with E-state index >= 15 is 0 Å². The predicted molar refractivity (Wildman–Crippen MR) is 117 cm³/mol. The minimum absolute atomic E-state index is 0.0675. The average Bonchev–Trinajstić information content (AvgIpc) is 2.74. The second-order valence-corrected chi connectivity index (χ2v) is 8.25. The Morgan fingerprint density at radius 2 is 1.87 bits per heavy atom. The minimum Gasteiger partial charge on any atom is -0.326 e. The van der Waals surface area contributed by atoms with Crippen molar-refractivity contribution in [2.45, 2.75) is 23.2 Å². The van der Waals surface area contributed by atoms with Gasteiger partial charge in [0.05, 0.1) is 11.5 Å². The number of fused-ring (bicyclic) bond motifs is 1. The lowest BCUT2D eigenvalue weighted by atomic mass is 9.92. The van der Waals surface area contributed by atoms with Crippen LogP contribution < -0.4 is 16.2 Å². The number of H-pyrrole nitrogens is 1. The number of aromatic nitrogens is 2. The van der Waals surface area contributed by atoms with Gasteiger partial charge in [0.25, 0.3) is 5.56 Å².